The molecule has 0 aliphatic heterocycles. The van der Waals surface area contributed by atoms with E-state index in [2.05, 4.69) is 31.0 Å². The van der Waals surface area contributed by atoms with Crippen LogP contribution in [0.3, 0.4) is 0 Å². The molecule has 1 amide bonds. The van der Waals surface area contributed by atoms with E-state index in [4.69, 9.17) is 4.74 Å². The van der Waals surface area contributed by atoms with Crippen molar-refractivity contribution in [3.05, 3.63) is 72.3 Å². The monoisotopic (exact) mass is 323 g/mol. The van der Waals surface area contributed by atoms with Gasteiger partial charge < -0.3 is 10.1 Å². The van der Waals surface area contributed by atoms with Crippen molar-refractivity contribution < 1.29 is 9.53 Å². The summed E-state index contributed by atoms with van der Waals surface area (Å²) in [6.45, 7) is 5.91. The van der Waals surface area contributed by atoms with Crippen molar-refractivity contribution in [3.63, 3.8) is 0 Å². The number of ether oxygens (including phenoxy) is 1. The minimum absolute atomic E-state index is 0.00819. The molecule has 1 N–H and O–H groups in total. The Balaban J connectivity index is 1.86. The number of unbranched alkanes of at least 4 members (excludes halogenated alkanes) is 1. The minimum atomic E-state index is -0.162. The van der Waals surface area contributed by atoms with Crippen LogP contribution in [0.1, 0.15) is 30.9 Å². The molecule has 0 unspecified atom stereocenters. The third-order valence-corrected chi connectivity index (χ3v) is 3.75. The van der Waals surface area contributed by atoms with Gasteiger partial charge in [-0.15, -0.1) is 6.58 Å². The molecule has 0 aliphatic rings. The van der Waals surface area contributed by atoms with Crippen LogP contribution in [0, 0.1) is 0 Å². The maximum absolute atomic E-state index is 12.1. The van der Waals surface area contributed by atoms with Gasteiger partial charge in [-0.3, -0.25) is 4.79 Å². The molecule has 24 heavy (non-hydrogen) atoms. The fourth-order valence-electron chi connectivity index (χ4n) is 2.44. The first-order valence-corrected chi connectivity index (χ1v) is 8.43. The summed E-state index contributed by atoms with van der Waals surface area (Å²) in [4.78, 5) is 12.1. The van der Waals surface area contributed by atoms with Crippen LogP contribution in [0.25, 0.3) is 0 Å². The van der Waals surface area contributed by atoms with Gasteiger partial charge in [0.1, 0.15) is 5.75 Å². The van der Waals surface area contributed by atoms with Gasteiger partial charge in [0.05, 0.1) is 0 Å². The lowest BCUT2D eigenvalue weighted by atomic mass is 10.1. The SMILES string of the molecule is C=CCc1ccccc1OCC(=O)Nc1ccc(CCCC)cc1. The van der Waals surface area contributed by atoms with Crippen molar-refractivity contribution >= 4 is 11.6 Å². The Bertz CT molecular complexity index is 662. The maximum atomic E-state index is 12.1. The van der Waals surface area contributed by atoms with E-state index in [0.717, 1.165) is 29.8 Å². The van der Waals surface area contributed by atoms with E-state index in [0.29, 0.717) is 0 Å². The normalized spacial score (nSPS) is 10.2. The number of carbonyl (C=O) groups excluding carboxylic acids is 1. The Labute approximate surface area is 144 Å². The largest absolute Gasteiger partial charge is 0.483 e. The van der Waals surface area contributed by atoms with Gasteiger partial charge in [-0.1, -0.05) is 49.8 Å². The summed E-state index contributed by atoms with van der Waals surface area (Å²) in [7, 11) is 0. The molecule has 3 nitrogen and oxygen atoms in total. The number of allylic oxidation sites excluding steroid dienone is 1. The second kappa shape index (κ2) is 9.56. The van der Waals surface area contributed by atoms with Crippen LogP contribution in [-0.4, -0.2) is 12.5 Å². The lowest BCUT2D eigenvalue weighted by molar-refractivity contribution is -0.118. The van der Waals surface area contributed by atoms with Crippen molar-refractivity contribution in [1.29, 1.82) is 0 Å². The first kappa shape index (κ1) is 17.8. The Hall–Kier alpha value is -2.55. The van der Waals surface area contributed by atoms with Crippen LogP contribution in [0.4, 0.5) is 5.69 Å². The molecule has 0 atom stereocenters. The van der Waals surface area contributed by atoms with Crippen molar-refractivity contribution in [1.82, 2.24) is 0 Å². The average Bonchev–Trinajstić information content (AvgIpc) is 2.61. The molecule has 0 saturated heterocycles. The van der Waals surface area contributed by atoms with Gasteiger partial charge in [-0.25, -0.2) is 0 Å². The Morgan fingerprint density at radius 2 is 1.92 bits per heavy atom. The lowest BCUT2D eigenvalue weighted by Gasteiger charge is -2.11. The highest BCUT2D eigenvalue weighted by molar-refractivity contribution is 5.91. The fraction of sp³-hybridized carbons (Fsp3) is 0.286. The number of hydrogen-bond donors (Lipinski definition) is 1. The van der Waals surface area contributed by atoms with Gasteiger partial charge in [-0.05, 0) is 48.6 Å². The number of rotatable bonds is 9. The van der Waals surface area contributed by atoms with Gasteiger partial charge >= 0.3 is 0 Å². The first-order valence-electron chi connectivity index (χ1n) is 8.43. The molecule has 2 aromatic carbocycles. The number of nitrogens with one attached hydrogen (secondary N) is 1. The summed E-state index contributed by atoms with van der Waals surface area (Å²) < 4.78 is 5.64. The van der Waals surface area contributed by atoms with Gasteiger partial charge in [0.25, 0.3) is 5.91 Å². The van der Waals surface area contributed by atoms with Gasteiger partial charge in [0, 0.05) is 5.69 Å². The third kappa shape index (κ3) is 5.58. The molecule has 0 heterocycles. The topological polar surface area (TPSA) is 38.3 Å². The van der Waals surface area contributed by atoms with E-state index >= 15 is 0 Å². The summed E-state index contributed by atoms with van der Waals surface area (Å²) >= 11 is 0. The fourth-order valence-corrected chi connectivity index (χ4v) is 2.44. The van der Waals surface area contributed by atoms with Crippen molar-refractivity contribution in [2.75, 3.05) is 11.9 Å². The van der Waals surface area contributed by atoms with Crippen molar-refractivity contribution in [3.8, 4) is 5.75 Å². The molecular formula is C21H25NO2. The van der Waals surface area contributed by atoms with E-state index in [1.807, 2.05) is 42.5 Å². The van der Waals surface area contributed by atoms with E-state index in [1.165, 1.54) is 18.4 Å². The number of aryl methyl sites for hydroxylation is 1. The second-order valence-electron chi connectivity index (χ2n) is 5.74. The van der Waals surface area contributed by atoms with Crippen LogP contribution in [-0.2, 0) is 17.6 Å². The summed E-state index contributed by atoms with van der Waals surface area (Å²) in [5, 5.41) is 2.86. The number of hydrogen-bond acceptors (Lipinski definition) is 2. The van der Waals surface area contributed by atoms with Gasteiger partial charge in [-0.2, -0.15) is 0 Å². The van der Waals surface area contributed by atoms with Crippen LogP contribution in [0.15, 0.2) is 61.2 Å². The number of anilines is 1. The molecule has 0 bridgehead atoms. The maximum Gasteiger partial charge on any atom is 0.262 e. The Morgan fingerprint density at radius 1 is 1.17 bits per heavy atom. The molecule has 0 aliphatic carbocycles. The zero-order valence-electron chi connectivity index (χ0n) is 14.3. The number of benzene rings is 2. The molecule has 0 spiro atoms. The number of para-hydroxylation sites is 1. The van der Waals surface area contributed by atoms with Crippen LogP contribution in [0.5, 0.6) is 5.75 Å². The molecule has 2 aromatic rings. The van der Waals surface area contributed by atoms with Crippen LogP contribution < -0.4 is 10.1 Å². The summed E-state index contributed by atoms with van der Waals surface area (Å²) in [6.07, 6.45) is 5.99. The van der Waals surface area contributed by atoms with E-state index in [1.54, 1.807) is 0 Å². The minimum Gasteiger partial charge on any atom is -0.483 e. The molecule has 0 radical (unpaired) electrons. The first-order chi connectivity index (χ1) is 11.7. The average molecular weight is 323 g/mol. The second-order valence-corrected chi connectivity index (χ2v) is 5.74. The molecule has 126 valence electrons. The Morgan fingerprint density at radius 3 is 2.62 bits per heavy atom. The highest BCUT2D eigenvalue weighted by Crippen LogP contribution is 2.19. The number of amides is 1. The predicted molar refractivity (Wildman–Crippen MR) is 99.5 cm³/mol. The zero-order valence-corrected chi connectivity index (χ0v) is 14.3. The molecule has 0 fully saturated rings. The lowest BCUT2D eigenvalue weighted by Crippen LogP contribution is -2.20. The van der Waals surface area contributed by atoms with E-state index in [-0.39, 0.29) is 12.5 Å². The molecule has 0 aromatic heterocycles. The summed E-state index contributed by atoms with van der Waals surface area (Å²) in [5.41, 5.74) is 3.12. The quantitative estimate of drug-likeness (QED) is 0.675. The molecular weight excluding hydrogens is 298 g/mol. The Kier molecular flexibility index (Phi) is 7.09. The summed E-state index contributed by atoms with van der Waals surface area (Å²) in [6, 6.07) is 15.7. The molecule has 2 rings (SSSR count). The molecule has 0 saturated carbocycles. The van der Waals surface area contributed by atoms with E-state index < -0.39 is 0 Å². The molecule has 3 heteroatoms. The van der Waals surface area contributed by atoms with Gasteiger partial charge in [0.2, 0.25) is 0 Å². The van der Waals surface area contributed by atoms with Gasteiger partial charge in [0.15, 0.2) is 6.61 Å². The van der Waals surface area contributed by atoms with Crippen LogP contribution >= 0.6 is 0 Å². The number of carbonyl (C=O) groups is 1. The summed E-state index contributed by atoms with van der Waals surface area (Å²) in [5.74, 6) is 0.562. The third-order valence-electron chi connectivity index (χ3n) is 3.75. The van der Waals surface area contributed by atoms with Crippen LogP contribution in [0.2, 0.25) is 0 Å². The predicted octanol–water partition coefficient (Wildman–Crippen LogP) is 4.78. The zero-order chi connectivity index (χ0) is 17.2. The van der Waals surface area contributed by atoms with Crippen molar-refractivity contribution in [2.45, 2.75) is 32.6 Å². The van der Waals surface area contributed by atoms with Crippen molar-refractivity contribution in [2.24, 2.45) is 0 Å². The standard InChI is InChI=1S/C21H25NO2/c1-3-5-9-17-12-14-19(15-13-17)22-21(23)16-24-20-11-7-6-10-18(20)8-4-2/h4,6-7,10-15H,2-3,5,8-9,16H2,1H3,(H,22,23). The highest BCUT2D eigenvalue weighted by Gasteiger charge is 2.06. The smallest absolute Gasteiger partial charge is 0.262 e. The van der Waals surface area contributed by atoms with E-state index in [9.17, 15) is 4.79 Å². The highest BCUT2D eigenvalue weighted by atomic mass is 16.5.